The highest BCUT2D eigenvalue weighted by atomic mass is 16.5. The van der Waals surface area contributed by atoms with Crippen LogP contribution in [0.4, 0.5) is 5.82 Å². The van der Waals surface area contributed by atoms with E-state index in [0.29, 0.717) is 39.5 Å². The third-order valence-electron chi connectivity index (χ3n) is 4.71. The Balaban J connectivity index is 1.40. The molecule has 0 unspecified atom stereocenters. The maximum absolute atomic E-state index is 10.8. The highest BCUT2D eigenvalue weighted by Gasteiger charge is 2.36. The zero-order valence-electron chi connectivity index (χ0n) is 15.9. The lowest BCUT2D eigenvalue weighted by atomic mass is 10.0. The average Bonchev–Trinajstić information content (AvgIpc) is 3.09. The second-order valence-corrected chi connectivity index (χ2v) is 6.88. The highest BCUT2D eigenvalue weighted by molar-refractivity contribution is 5.40. The Hall–Kier alpha value is -2.15. The summed E-state index contributed by atoms with van der Waals surface area (Å²) in [4.78, 5) is 6.50. The Bertz CT molecular complexity index is 681. The summed E-state index contributed by atoms with van der Waals surface area (Å²) in [6.07, 6.45) is 2.53. The molecule has 0 saturated carbocycles. The molecule has 2 aromatic rings. The van der Waals surface area contributed by atoms with Gasteiger partial charge in [-0.15, -0.1) is 0 Å². The molecule has 27 heavy (non-hydrogen) atoms. The predicted octanol–water partition coefficient (Wildman–Crippen LogP) is 2.23. The third kappa shape index (κ3) is 5.92. The molecule has 0 spiro atoms. The first-order chi connectivity index (χ1) is 13.2. The van der Waals surface area contributed by atoms with Crippen LogP contribution in [0.1, 0.15) is 18.9 Å². The van der Waals surface area contributed by atoms with Crippen LogP contribution in [0, 0.1) is 0 Å². The molecule has 1 aliphatic heterocycles. The Morgan fingerprint density at radius 1 is 1.19 bits per heavy atom. The third-order valence-corrected chi connectivity index (χ3v) is 4.71. The van der Waals surface area contributed by atoms with Gasteiger partial charge in [0.05, 0.1) is 12.2 Å². The smallest absolute Gasteiger partial charge is 0.128 e. The molecule has 6 nitrogen and oxygen atoms in total. The second-order valence-electron chi connectivity index (χ2n) is 6.88. The number of anilines is 1. The minimum atomic E-state index is -0.722. The van der Waals surface area contributed by atoms with Gasteiger partial charge in [0.1, 0.15) is 18.2 Å². The van der Waals surface area contributed by atoms with Crippen molar-refractivity contribution in [3.8, 4) is 5.75 Å². The summed E-state index contributed by atoms with van der Waals surface area (Å²) in [5, 5.41) is 14.2. The molecule has 1 aliphatic rings. The zero-order chi connectivity index (χ0) is 19.0. The van der Waals surface area contributed by atoms with Crippen molar-refractivity contribution >= 4 is 5.82 Å². The molecule has 1 aromatic heterocycles. The van der Waals surface area contributed by atoms with Crippen LogP contribution in [0.2, 0.25) is 0 Å². The van der Waals surface area contributed by atoms with E-state index >= 15 is 0 Å². The van der Waals surface area contributed by atoms with Gasteiger partial charge in [-0.25, -0.2) is 4.98 Å². The lowest BCUT2D eigenvalue weighted by Gasteiger charge is -2.24. The first kappa shape index (κ1) is 19.6. The van der Waals surface area contributed by atoms with Crippen LogP contribution in [0.25, 0.3) is 0 Å². The van der Waals surface area contributed by atoms with Crippen LogP contribution in [0.3, 0.4) is 0 Å². The summed E-state index contributed by atoms with van der Waals surface area (Å²) in [6.45, 7) is 6.54. The SMILES string of the molecule is CCOCCOc1ccc(CNC[C@@]2(O)CCN(c3ccccn3)C2)cc1. The fourth-order valence-electron chi connectivity index (χ4n) is 3.24. The molecule has 2 heterocycles. The molecular formula is C21H29N3O3. The number of hydrogen-bond donors (Lipinski definition) is 2. The molecule has 1 fully saturated rings. The average molecular weight is 371 g/mol. The lowest BCUT2D eigenvalue weighted by molar-refractivity contribution is 0.0626. The van der Waals surface area contributed by atoms with Crippen molar-refractivity contribution < 1.29 is 14.6 Å². The van der Waals surface area contributed by atoms with Gasteiger partial charge in [-0.3, -0.25) is 0 Å². The number of hydrogen-bond acceptors (Lipinski definition) is 6. The topological polar surface area (TPSA) is 66.8 Å². The van der Waals surface area contributed by atoms with Gasteiger partial charge in [0.2, 0.25) is 0 Å². The number of benzene rings is 1. The maximum Gasteiger partial charge on any atom is 0.128 e. The maximum atomic E-state index is 10.8. The van der Waals surface area contributed by atoms with Crippen molar-refractivity contribution in [2.24, 2.45) is 0 Å². The van der Waals surface area contributed by atoms with Gasteiger partial charge in [-0.05, 0) is 43.2 Å². The van der Waals surface area contributed by atoms with E-state index in [1.807, 2.05) is 49.4 Å². The van der Waals surface area contributed by atoms with Crippen molar-refractivity contribution in [3.05, 3.63) is 54.2 Å². The fraction of sp³-hybridized carbons (Fsp3) is 0.476. The van der Waals surface area contributed by atoms with Gasteiger partial charge in [0.25, 0.3) is 0 Å². The van der Waals surface area contributed by atoms with Gasteiger partial charge >= 0.3 is 0 Å². The fourth-order valence-corrected chi connectivity index (χ4v) is 3.24. The number of β-amino-alcohol motifs (C(OH)–C–C–N with tert-alkyl or cyclic N) is 1. The molecule has 1 atom stereocenters. The van der Waals surface area contributed by atoms with Crippen molar-refractivity contribution in [2.75, 3.05) is 44.4 Å². The molecule has 0 amide bonds. The Morgan fingerprint density at radius 2 is 2.04 bits per heavy atom. The first-order valence-corrected chi connectivity index (χ1v) is 9.57. The minimum Gasteiger partial charge on any atom is -0.491 e. The quantitative estimate of drug-likeness (QED) is 0.625. The van der Waals surface area contributed by atoms with E-state index < -0.39 is 5.60 Å². The summed E-state index contributed by atoms with van der Waals surface area (Å²) >= 11 is 0. The molecule has 1 saturated heterocycles. The zero-order valence-corrected chi connectivity index (χ0v) is 15.9. The summed E-state index contributed by atoms with van der Waals surface area (Å²) in [5.41, 5.74) is 0.440. The molecule has 6 heteroatoms. The summed E-state index contributed by atoms with van der Waals surface area (Å²) in [7, 11) is 0. The van der Waals surface area contributed by atoms with Crippen LogP contribution in [0.5, 0.6) is 5.75 Å². The Morgan fingerprint density at radius 3 is 2.78 bits per heavy atom. The summed E-state index contributed by atoms with van der Waals surface area (Å²) in [6, 6.07) is 13.9. The number of nitrogens with zero attached hydrogens (tertiary/aromatic N) is 2. The van der Waals surface area contributed by atoms with E-state index in [-0.39, 0.29) is 0 Å². The molecule has 1 aromatic carbocycles. The van der Waals surface area contributed by atoms with Gasteiger partial charge in [-0.1, -0.05) is 18.2 Å². The molecule has 3 rings (SSSR count). The standard InChI is InChI=1S/C21H29N3O3/c1-2-26-13-14-27-19-8-6-18(7-9-19)15-22-16-21(25)10-12-24(17-21)20-5-3-4-11-23-20/h3-9,11,22,25H,2,10,12-17H2,1H3/t21-/m0/s1. The van der Waals surface area contributed by atoms with E-state index in [2.05, 4.69) is 15.2 Å². The number of aliphatic hydroxyl groups is 1. The number of ether oxygens (including phenoxy) is 2. The van der Waals surface area contributed by atoms with E-state index in [4.69, 9.17) is 9.47 Å². The molecule has 2 N–H and O–H groups in total. The van der Waals surface area contributed by atoms with Gasteiger partial charge in [0, 0.05) is 39.0 Å². The van der Waals surface area contributed by atoms with Gasteiger partial charge in [0.15, 0.2) is 0 Å². The predicted molar refractivity (Wildman–Crippen MR) is 106 cm³/mol. The van der Waals surface area contributed by atoms with Crippen LogP contribution >= 0.6 is 0 Å². The van der Waals surface area contributed by atoms with E-state index in [1.54, 1.807) is 6.20 Å². The number of rotatable bonds is 10. The van der Waals surface area contributed by atoms with E-state index in [0.717, 1.165) is 30.1 Å². The normalized spacial score (nSPS) is 19.4. The largest absolute Gasteiger partial charge is 0.491 e. The number of aromatic nitrogens is 1. The lowest BCUT2D eigenvalue weighted by Crippen LogP contribution is -2.43. The van der Waals surface area contributed by atoms with Crippen molar-refractivity contribution in [3.63, 3.8) is 0 Å². The minimum absolute atomic E-state index is 0.558. The first-order valence-electron chi connectivity index (χ1n) is 9.57. The molecule has 0 radical (unpaired) electrons. The monoisotopic (exact) mass is 371 g/mol. The van der Waals surface area contributed by atoms with Crippen molar-refractivity contribution in [1.29, 1.82) is 0 Å². The summed E-state index contributed by atoms with van der Waals surface area (Å²) in [5.74, 6) is 1.77. The van der Waals surface area contributed by atoms with Crippen molar-refractivity contribution in [1.82, 2.24) is 10.3 Å². The van der Waals surface area contributed by atoms with Crippen LogP contribution in [-0.4, -0.2) is 55.1 Å². The number of pyridine rings is 1. The van der Waals surface area contributed by atoms with Crippen LogP contribution in [0.15, 0.2) is 48.7 Å². The summed E-state index contributed by atoms with van der Waals surface area (Å²) < 4.78 is 10.9. The van der Waals surface area contributed by atoms with Gasteiger partial charge in [-0.2, -0.15) is 0 Å². The molecule has 146 valence electrons. The second kappa shape index (κ2) is 9.69. The molecule has 0 aliphatic carbocycles. The van der Waals surface area contributed by atoms with Crippen molar-refractivity contribution in [2.45, 2.75) is 25.5 Å². The van der Waals surface area contributed by atoms with E-state index in [9.17, 15) is 5.11 Å². The van der Waals surface area contributed by atoms with Crippen LogP contribution < -0.4 is 15.0 Å². The molecule has 0 bridgehead atoms. The molecular weight excluding hydrogens is 342 g/mol. The Kier molecular flexibility index (Phi) is 7.04. The highest BCUT2D eigenvalue weighted by Crippen LogP contribution is 2.25. The van der Waals surface area contributed by atoms with Gasteiger partial charge < -0.3 is 24.8 Å². The Labute approximate surface area is 161 Å². The van der Waals surface area contributed by atoms with Crippen LogP contribution in [-0.2, 0) is 11.3 Å². The van der Waals surface area contributed by atoms with E-state index in [1.165, 1.54) is 0 Å². The number of nitrogens with one attached hydrogen (secondary N) is 1.